The number of anilines is 1. The average molecular weight is 456 g/mol. The number of carbonyl (C=O) groups excluding carboxylic acids is 2. The van der Waals surface area contributed by atoms with Crippen LogP contribution < -0.4 is 10.2 Å². The molecule has 1 fully saturated rings. The number of thiazole rings is 1. The second-order valence-corrected chi connectivity index (χ2v) is 7.99. The number of aromatic amines is 1. The fourth-order valence-corrected chi connectivity index (χ4v) is 4.47. The molecule has 3 heterocycles. The molecule has 3 rings (SSSR count). The molecule has 0 aromatic carbocycles. The van der Waals surface area contributed by atoms with Crippen LogP contribution in [0.1, 0.15) is 56.7 Å². The highest BCUT2D eigenvalue weighted by Gasteiger charge is 2.33. The normalized spacial score (nSPS) is 19.0. The Bertz CT molecular complexity index is 946. The van der Waals surface area contributed by atoms with Crippen molar-refractivity contribution in [3.8, 4) is 0 Å². The first-order valence-corrected chi connectivity index (χ1v) is 10.7. The maximum absolute atomic E-state index is 12.6. The van der Waals surface area contributed by atoms with E-state index in [1.165, 1.54) is 0 Å². The van der Waals surface area contributed by atoms with Gasteiger partial charge in [0.15, 0.2) is 22.4 Å². The number of H-pyrrole nitrogens is 1. The van der Waals surface area contributed by atoms with Gasteiger partial charge in [-0.05, 0) is 19.8 Å². The maximum Gasteiger partial charge on any atom is 0.348 e. The minimum atomic E-state index is -1.19. The summed E-state index contributed by atoms with van der Waals surface area (Å²) in [5.41, 5.74) is 0.606. The number of hydrogen-bond donors (Lipinski definition) is 3. The molecule has 0 spiro atoms. The minimum Gasteiger partial charge on any atom is -0.477 e. The smallest absolute Gasteiger partial charge is 0.348 e. The Balaban J connectivity index is 1.73. The molecule has 1 saturated heterocycles. The van der Waals surface area contributed by atoms with Crippen LogP contribution in [-0.2, 0) is 11.2 Å². The number of nitrogens with zero attached hydrogens (tertiary/aromatic N) is 3. The number of hydrogen-bond acceptors (Lipinski definition) is 8. The topological polar surface area (TPSA) is 138 Å². The highest BCUT2D eigenvalue weighted by Crippen LogP contribution is 2.29. The molecule has 30 heavy (non-hydrogen) atoms. The van der Waals surface area contributed by atoms with Gasteiger partial charge in [0.1, 0.15) is 10.6 Å². The van der Waals surface area contributed by atoms with Gasteiger partial charge in [-0.3, -0.25) is 9.59 Å². The number of nitrogens with one attached hydrogen (secondary N) is 2. The zero-order valence-electron chi connectivity index (χ0n) is 16.5. The zero-order chi connectivity index (χ0) is 21.8. The third kappa shape index (κ3) is 4.63. The number of imidazole rings is 1. The monoisotopic (exact) mass is 455 g/mol. The van der Waals surface area contributed by atoms with Crippen LogP contribution in [0.2, 0.25) is 5.15 Å². The molecule has 12 heteroatoms. The summed E-state index contributed by atoms with van der Waals surface area (Å²) < 4.78 is 5.82. The van der Waals surface area contributed by atoms with E-state index < -0.39 is 5.97 Å². The van der Waals surface area contributed by atoms with Crippen molar-refractivity contribution in [2.45, 2.75) is 38.8 Å². The predicted molar refractivity (Wildman–Crippen MR) is 111 cm³/mol. The van der Waals surface area contributed by atoms with Gasteiger partial charge in [0.2, 0.25) is 0 Å². The third-order valence-electron chi connectivity index (χ3n) is 4.77. The summed E-state index contributed by atoms with van der Waals surface area (Å²) in [7, 11) is 0. The molecule has 1 aliphatic heterocycles. The van der Waals surface area contributed by atoms with Crippen LogP contribution in [-0.4, -0.2) is 70.1 Å². The predicted octanol–water partition coefficient (Wildman–Crippen LogP) is 2.01. The van der Waals surface area contributed by atoms with E-state index in [-0.39, 0.29) is 39.6 Å². The Hall–Kier alpha value is -2.50. The lowest BCUT2D eigenvalue weighted by Gasteiger charge is -2.38. The number of aromatic carboxylic acids is 1. The molecule has 3 N–H and O–H groups in total. The Morgan fingerprint density at radius 3 is 2.77 bits per heavy atom. The summed E-state index contributed by atoms with van der Waals surface area (Å²) in [6.07, 6.45) is 1.27. The molecular weight excluding hydrogens is 434 g/mol. The van der Waals surface area contributed by atoms with E-state index >= 15 is 0 Å². The molecule has 0 saturated carbocycles. The lowest BCUT2D eigenvalue weighted by molar-refractivity contribution is 0.0271. The van der Waals surface area contributed by atoms with Crippen LogP contribution in [0.5, 0.6) is 0 Å². The number of halogens is 1. The van der Waals surface area contributed by atoms with Gasteiger partial charge in [-0.25, -0.2) is 14.8 Å². The van der Waals surface area contributed by atoms with Crippen LogP contribution in [0.25, 0.3) is 0 Å². The van der Waals surface area contributed by atoms with Crippen LogP contribution in [0.3, 0.4) is 0 Å². The number of piperidine rings is 1. The molecule has 1 amide bonds. The molecule has 2 aromatic rings. The maximum atomic E-state index is 12.6. The van der Waals surface area contributed by atoms with Gasteiger partial charge >= 0.3 is 5.97 Å². The zero-order valence-corrected chi connectivity index (χ0v) is 18.0. The number of aryl methyl sites for hydroxylation is 1. The van der Waals surface area contributed by atoms with Crippen molar-refractivity contribution in [3.05, 3.63) is 27.2 Å². The average Bonchev–Trinajstić information content (AvgIpc) is 3.33. The molecule has 0 radical (unpaired) electrons. The summed E-state index contributed by atoms with van der Waals surface area (Å²) in [4.78, 5) is 47.9. The Morgan fingerprint density at radius 2 is 2.20 bits per heavy atom. The first-order chi connectivity index (χ1) is 14.4. The second kappa shape index (κ2) is 9.54. The van der Waals surface area contributed by atoms with Gasteiger partial charge in [-0.1, -0.05) is 29.9 Å². The first kappa shape index (κ1) is 22.2. The Morgan fingerprint density at radius 1 is 1.43 bits per heavy atom. The van der Waals surface area contributed by atoms with Crippen molar-refractivity contribution < 1.29 is 24.2 Å². The van der Waals surface area contributed by atoms with Crippen LogP contribution in [0, 0.1) is 0 Å². The van der Waals surface area contributed by atoms with Crippen molar-refractivity contribution in [2.24, 2.45) is 0 Å². The minimum absolute atomic E-state index is 0.0905. The standard InChI is InChI=1S/C18H22ClN5O5S/c1-3-9-14(19)23-15(20-9)16(26)21-10-5-6-24(7-12(10)29-4-2)18-22-11(8-25)13(30-18)17(27)28/h8,10,12H,3-7H2,1-2H3,(H,20,23)(H,21,26)(H,27,28). The molecule has 1 aliphatic rings. The van der Waals surface area contributed by atoms with E-state index in [1.807, 2.05) is 18.7 Å². The van der Waals surface area contributed by atoms with E-state index in [1.54, 1.807) is 0 Å². The fraction of sp³-hybridized carbons (Fsp3) is 0.500. The van der Waals surface area contributed by atoms with E-state index in [0.29, 0.717) is 49.6 Å². The lowest BCUT2D eigenvalue weighted by atomic mass is 10.0. The lowest BCUT2D eigenvalue weighted by Crippen LogP contribution is -2.55. The molecule has 2 atom stereocenters. The van der Waals surface area contributed by atoms with Gasteiger partial charge in [-0.15, -0.1) is 0 Å². The molecule has 2 aromatic heterocycles. The summed E-state index contributed by atoms with van der Waals surface area (Å²) in [5, 5.41) is 12.9. The number of ether oxygens (including phenoxy) is 1. The molecule has 162 valence electrons. The number of amides is 1. The molecule has 0 aliphatic carbocycles. The van der Waals surface area contributed by atoms with E-state index in [2.05, 4.69) is 20.3 Å². The highest BCUT2D eigenvalue weighted by atomic mass is 35.5. The summed E-state index contributed by atoms with van der Waals surface area (Å²) >= 11 is 6.97. The Kier molecular flexibility index (Phi) is 7.06. The van der Waals surface area contributed by atoms with Gasteiger partial charge in [0.05, 0.1) is 17.8 Å². The quantitative estimate of drug-likeness (QED) is 0.514. The third-order valence-corrected chi connectivity index (χ3v) is 6.20. The van der Waals surface area contributed by atoms with E-state index in [4.69, 9.17) is 16.3 Å². The molecule has 0 bridgehead atoms. The van der Waals surface area contributed by atoms with Crippen molar-refractivity contribution in [1.29, 1.82) is 0 Å². The number of aldehydes is 1. The summed E-state index contributed by atoms with van der Waals surface area (Å²) in [6, 6.07) is -0.271. The van der Waals surface area contributed by atoms with Gasteiger partial charge in [-0.2, -0.15) is 0 Å². The van der Waals surface area contributed by atoms with Gasteiger partial charge in [0.25, 0.3) is 5.91 Å². The summed E-state index contributed by atoms with van der Waals surface area (Å²) in [5.74, 6) is -1.41. The van der Waals surface area contributed by atoms with Crippen molar-refractivity contribution in [1.82, 2.24) is 20.3 Å². The number of rotatable bonds is 8. The Labute approximate surface area is 181 Å². The fourth-order valence-electron chi connectivity index (χ4n) is 3.29. The van der Waals surface area contributed by atoms with E-state index in [9.17, 15) is 19.5 Å². The largest absolute Gasteiger partial charge is 0.477 e. The van der Waals surface area contributed by atoms with Crippen molar-refractivity contribution in [2.75, 3.05) is 24.6 Å². The molecule has 10 nitrogen and oxygen atoms in total. The second-order valence-electron chi connectivity index (χ2n) is 6.65. The van der Waals surface area contributed by atoms with Gasteiger partial charge in [0, 0.05) is 19.7 Å². The number of carbonyl (C=O) groups is 3. The van der Waals surface area contributed by atoms with Crippen LogP contribution in [0.4, 0.5) is 5.13 Å². The van der Waals surface area contributed by atoms with E-state index in [0.717, 1.165) is 11.3 Å². The van der Waals surface area contributed by atoms with Crippen molar-refractivity contribution in [3.63, 3.8) is 0 Å². The first-order valence-electron chi connectivity index (χ1n) is 9.48. The van der Waals surface area contributed by atoms with Crippen molar-refractivity contribution >= 4 is 46.2 Å². The molecular formula is C18H22ClN5O5S. The van der Waals surface area contributed by atoms with Crippen LogP contribution in [0.15, 0.2) is 0 Å². The molecule has 2 unspecified atom stereocenters. The van der Waals surface area contributed by atoms with Crippen LogP contribution >= 0.6 is 22.9 Å². The SMILES string of the molecule is CCOC1CN(c2nc(C=O)c(C(=O)O)s2)CCC1NC(=O)c1nc(Cl)c(CC)[nH]1. The highest BCUT2D eigenvalue weighted by molar-refractivity contribution is 7.17. The number of carboxylic acid groups (broad SMARTS) is 1. The number of carboxylic acids is 1. The number of aromatic nitrogens is 3. The summed E-state index contributed by atoms with van der Waals surface area (Å²) in [6.45, 7) is 5.11. The van der Waals surface area contributed by atoms with Gasteiger partial charge < -0.3 is 25.0 Å².